The molecule has 2 aliphatic rings. The molecule has 0 aromatic carbocycles. The van der Waals surface area contributed by atoms with Crippen LogP contribution < -0.4 is 5.32 Å². The summed E-state index contributed by atoms with van der Waals surface area (Å²) in [6.07, 6.45) is 2.96. The van der Waals surface area contributed by atoms with Crippen LogP contribution in [0.4, 0.5) is 0 Å². The summed E-state index contributed by atoms with van der Waals surface area (Å²) in [6.45, 7) is 12.2. The third kappa shape index (κ3) is 5.00. The fraction of sp³-hybridized carbons (Fsp3) is 1.00. The van der Waals surface area contributed by atoms with E-state index >= 15 is 0 Å². The Morgan fingerprint density at radius 1 is 0.895 bits per heavy atom. The number of hydrogen-bond acceptors (Lipinski definition) is 5. The summed E-state index contributed by atoms with van der Waals surface area (Å²) in [6, 6.07) is 0. The lowest BCUT2D eigenvalue weighted by molar-refractivity contribution is -0.0680. The van der Waals surface area contributed by atoms with Crippen LogP contribution in [-0.4, -0.2) is 81.7 Å². The lowest BCUT2D eigenvalue weighted by Gasteiger charge is -2.43. The predicted molar refractivity (Wildman–Crippen MR) is 76.3 cm³/mol. The zero-order valence-corrected chi connectivity index (χ0v) is 12.3. The van der Waals surface area contributed by atoms with Gasteiger partial charge < -0.3 is 14.8 Å². The second-order valence-corrected chi connectivity index (χ2v) is 5.32. The molecule has 0 unspecified atom stereocenters. The van der Waals surface area contributed by atoms with Gasteiger partial charge in [0.05, 0.1) is 32.6 Å². The highest BCUT2D eigenvalue weighted by Crippen LogP contribution is 2.14. The fourth-order valence-electron chi connectivity index (χ4n) is 2.88. The average Bonchev–Trinajstić information content (AvgIpc) is 2.49. The number of nitrogens with zero attached hydrogens (tertiary/aromatic N) is 2. The Kier molecular flexibility index (Phi) is 7.09. The maximum Gasteiger partial charge on any atom is 0.0637 e. The smallest absolute Gasteiger partial charge is 0.0637 e. The van der Waals surface area contributed by atoms with Crippen molar-refractivity contribution in [1.29, 1.82) is 0 Å². The third-order valence-corrected chi connectivity index (χ3v) is 3.94. The highest BCUT2D eigenvalue weighted by Gasteiger charge is 2.27. The molecule has 0 saturated carbocycles. The molecule has 2 saturated heterocycles. The van der Waals surface area contributed by atoms with E-state index in [1.54, 1.807) is 0 Å². The van der Waals surface area contributed by atoms with E-state index in [0.29, 0.717) is 6.17 Å². The van der Waals surface area contributed by atoms with E-state index in [1.165, 1.54) is 12.8 Å². The van der Waals surface area contributed by atoms with Gasteiger partial charge >= 0.3 is 0 Å². The van der Waals surface area contributed by atoms with Crippen LogP contribution in [0.3, 0.4) is 0 Å². The molecule has 0 amide bonds. The normalized spacial score (nSPS) is 23.1. The van der Waals surface area contributed by atoms with Crippen LogP contribution in [0.2, 0.25) is 0 Å². The van der Waals surface area contributed by atoms with Crippen LogP contribution in [0.25, 0.3) is 0 Å². The summed E-state index contributed by atoms with van der Waals surface area (Å²) < 4.78 is 11.0. The summed E-state index contributed by atoms with van der Waals surface area (Å²) in [7, 11) is 0. The van der Waals surface area contributed by atoms with E-state index in [-0.39, 0.29) is 0 Å². The first-order valence-electron chi connectivity index (χ1n) is 7.76. The van der Waals surface area contributed by atoms with E-state index in [1.807, 2.05) is 0 Å². The van der Waals surface area contributed by atoms with Gasteiger partial charge in [-0.15, -0.1) is 0 Å². The summed E-state index contributed by atoms with van der Waals surface area (Å²) >= 11 is 0. The largest absolute Gasteiger partial charge is 0.379 e. The molecule has 0 spiro atoms. The molecule has 1 N–H and O–H groups in total. The van der Waals surface area contributed by atoms with Crippen LogP contribution >= 0.6 is 0 Å². The van der Waals surface area contributed by atoms with Crippen LogP contribution in [0.1, 0.15) is 19.8 Å². The number of ether oxygens (including phenoxy) is 2. The minimum Gasteiger partial charge on any atom is -0.379 e. The Balaban J connectivity index is 1.83. The first-order valence-corrected chi connectivity index (χ1v) is 7.76. The Labute approximate surface area is 117 Å². The van der Waals surface area contributed by atoms with E-state index in [9.17, 15) is 0 Å². The topological polar surface area (TPSA) is 37.0 Å². The van der Waals surface area contributed by atoms with Gasteiger partial charge in [-0.3, -0.25) is 9.80 Å². The lowest BCUT2D eigenvalue weighted by Crippen LogP contribution is -2.56. The second-order valence-electron chi connectivity index (χ2n) is 5.32. The van der Waals surface area contributed by atoms with Crippen molar-refractivity contribution in [3.8, 4) is 0 Å². The van der Waals surface area contributed by atoms with E-state index < -0.39 is 0 Å². The van der Waals surface area contributed by atoms with Crippen molar-refractivity contribution in [3.05, 3.63) is 0 Å². The molecule has 2 heterocycles. The van der Waals surface area contributed by atoms with Gasteiger partial charge in [-0.05, 0) is 25.9 Å². The first kappa shape index (κ1) is 15.2. The van der Waals surface area contributed by atoms with Crippen LogP contribution in [0.15, 0.2) is 0 Å². The van der Waals surface area contributed by atoms with E-state index in [4.69, 9.17) is 9.47 Å². The van der Waals surface area contributed by atoms with Crippen LogP contribution in [-0.2, 0) is 9.47 Å². The number of morpholine rings is 2. The Bertz CT molecular complexity index is 211. The number of nitrogens with one attached hydrogen (secondary N) is 1. The average molecular weight is 271 g/mol. The van der Waals surface area contributed by atoms with Gasteiger partial charge in [0.15, 0.2) is 0 Å². The van der Waals surface area contributed by atoms with Gasteiger partial charge in [0.1, 0.15) is 0 Å². The van der Waals surface area contributed by atoms with Crippen molar-refractivity contribution >= 4 is 0 Å². The zero-order chi connectivity index (χ0) is 13.3. The van der Waals surface area contributed by atoms with Gasteiger partial charge in [-0.2, -0.15) is 0 Å². The van der Waals surface area contributed by atoms with Gasteiger partial charge in [0, 0.05) is 26.2 Å². The summed E-state index contributed by atoms with van der Waals surface area (Å²) in [5.74, 6) is 0. The van der Waals surface area contributed by atoms with Crippen molar-refractivity contribution in [2.24, 2.45) is 0 Å². The molecule has 0 aliphatic carbocycles. The standard InChI is InChI=1S/C14H29N3O2/c1-2-4-15-5-3-14(16-6-10-18-11-7-16)17-8-12-19-13-9-17/h14-15H,2-13H2,1H3. The second kappa shape index (κ2) is 8.87. The molecular formula is C14H29N3O2. The third-order valence-electron chi connectivity index (χ3n) is 3.94. The van der Waals surface area contributed by atoms with Crippen LogP contribution in [0.5, 0.6) is 0 Å². The van der Waals surface area contributed by atoms with Crippen molar-refractivity contribution in [3.63, 3.8) is 0 Å². The van der Waals surface area contributed by atoms with Gasteiger partial charge in [-0.1, -0.05) is 6.92 Å². The molecule has 19 heavy (non-hydrogen) atoms. The monoisotopic (exact) mass is 271 g/mol. The molecule has 2 aliphatic heterocycles. The maximum atomic E-state index is 5.48. The molecule has 0 aromatic rings. The van der Waals surface area contributed by atoms with Crippen molar-refractivity contribution in [2.75, 3.05) is 65.7 Å². The van der Waals surface area contributed by atoms with E-state index in [0.717, 1.165) is 65.7 Å². The van der Waals surface area contributed by atoms with Crippen LogP contribution in [0, 0.1) is 0 Å². The molecule has 2 rings (SSSR count). The Hall–Kier alpha value is -0.200. The Morgan fingerprint density at radius 2 is 1.42 bits per heavy atom. The summed E-state index contributed by atoms with van der Waals surface area (Å²) in [5.41, 5.74) is 0. The molecule has 0 radical (unpaired) electrons. The number of hydrogen-bond donors (Lipinski definition) is 1. The molecule has 112 valence electrons. The summed E-state index contributed by atoms with van der Waals surface area (Å²) in [4.78, 5) is 5.17. The zero-order valence-electron chi connectivity index (χ0n) is 12.3. The number of rotatable bonds is 7. The predicted octanol–water partition coefficient (Wildman–Crippen LogP) is 0.367. The molecular weight excluding hydrogens is 242 g/mol. The minimum atomic E-state index is 0.553. The molecule has 0 bridgehead atoms. The minimum absolute atomic E-state index is 0.553. The van der Waals surface area contributed by atoms with Crippen molar-refractivity contribution in [1.82, 2.24) is 15.1 Å². The quantitative estimate of drug-likeness (QED) is 0.677. The van der Waals surface area contributed by atoms with E-state index in [2.05, 4.69) is 22.0 Å². The lowest BCUT2D eigenvalue weighted by atomic mass is 10.2. The maximum absolute atomic E-state index is 5.48. The highest BCUT2D eigenvalue weighted by atomic mass is 16.5. The van der Waals surface area contributed by atoms with Gasteiger partial charge in [0.25, 0.3) is 0 Å². The molecule has 2 fully saturated rings. The Morgan fingerprint density at radius 3 is 1.89 bits per heavy atom. The summed E-state index contributed by atoms with van der Waals surface area (Å²) in [5, 5.41) is 3.53. The van der Waals surface area contributed by atoms with Gasteiger partial charge in [0.2, 0.25) is 0 Å². The first-order chi connectivity index (χ1) is 9.42. The van der Waals surface area contributed by atoms with Crippen molar-refractivity contribution < 1.29 is 9.47 Å². The SMILES string of the molecule is CCCNCCC(N1CCOCC1)N1CCOCC1. The fourth-order valence-corrected chi connectivity index (χ4v) is 2.88. The van der Waals surface area contributed by atoms with Crippen molar-refractivity contribution in [2.45, 2.75) is 25.9 Å². The molecule has 5 heteroatoms. The molecule has 0 aromatic heterocycles. The molecule has 5 nitrogen and oxygen atoms in total. The molecule has 0 atom stereocenters. The highest BCUT2D eigenvalue weighted by molar-refractivity contribution is 4.78. The van der Waals surface area contributed by atoms with Gasteiger partial charge in [-0.25, -0.2) is 0 Å².